The highest BCUT2D eigenvalue weighted by Crippen LogP contribution is 2.30. The maximum absolute atomic E-state index is 5.39. The summed E-state index contributed by atoms with van der Waals surface area (Å²) in [5.74, 6) is 1.13. The molecule has 1 unspecified atom stereocenters. The summed E-state index contributed by atoms with van der Waals surface area (Å²) >= 11 is 6.90. The van der Waals surface area contributed by atoms with E-state index in [0.29, 0.717) is 18.3 Å². The van der Waals surface area contributed by atoms with Crippen LogP contribution in [0.4, 0.5) is 0 Å². The van der Waals surface area contributed by atoms with Crippen LogP contribution in [0.5, 0.6) is 0 Å². The maximum Gasteiger partial charge on any atom is 0.259 e. The van der Waals surface area contributed by atoms with Gasteiger partial charge in [-0.15, -0.1) is 0 Å². The average molecular weight is 389 g/mol. The molecule has 0 radical (unpaired) electrons. The van der Waals surface area contributed by atoms with Crippen LogP contribution in [0.2, 0.25) is 0 Å². The molecule has 5 nitrogen and oxygen atoms in total. The Balaban J connectivity index is 1.87. The SMILES string of the molecule is Brc1ccc(-c2nc(C3COCCN3)no2)c(Br)c1. The second kappa shape index (κ2) is 5.70. The molecule has 7 heteroatoms. The number of halogens is 2. The number of nitrogens with one attached hydrogen (secondary N) is 1. The molecule has 0 amide bonds. The summed E-state index contributed by atoms with van der Waals surface area (Å²) in [4.78, 5) is 4.43. The van der Waals surface area contributed by atoms with Crippen molar-refractivity contribution in [2.24, 2.45) is 0 Å². The van der Waals surface area contributed by atoms with Gasteiger partial charge in [0.1, 0.15) is 0 Å². The van der Waals surface area contributed by atoms with Crippen molar-refractivity contribution in [3.05, 3.63) is 33.0 Å². The molecule has 1 saturated heterocycles. The highest BCUT2D eigenvalue weighted by atomic mass is 79.9. The Morgan fingerprint density at radius 3 is 2.95 bits per heavy atom. The van der Waals surface area contributed by atoms with Gasteiger partial charge in [-0.1, -0.05) is 21.1 Å². The fourth-order valence-corrected chi connectivity index (χ4v) is 3.10. The normalized spacial score (nSPS) is 19.6. The number of rotatable bonds is 2. The molecular formula is C12H11Br2N3O2. The van der Waals surface area contributed by atoms with Crippen LogP contribution in [0.15, 0.2) is 31.7 Å². The van der Waals surface area contributed by atoms with Crippen molar-refractivity contribution in [2.75, 3.05) is 19.8 Å². The number of benzene rings is 1. The molecule has 1 aliphatic rings. The van der Waals surface area contributed by atoms with Crippen molar-refractivity contribution < 1.29 is 9.26 Å². The Bertz CT molecular complexity index is 582. The summed E-state index contributed by atoms with van der Waals surface area (Å²) in [7, 11) is 0. The molecule has 0 aliphatic carbocycles. The predicted octanol–water partition coefficient (Wildman–Crippen LogP) is 2.92. The first-order valence-corrected chi connectivity index (χ1v) is 7.43. The Labute approximate surface area is 127 Å². The van der Waals surface area contributed by atoms with Crippen LogP contribution in [-0.2, 0) is 4.74 Å². The molecule has 1 aliphatic heterocycles. The standard InChI is InChI=1S/C12H11Br2N3O2/c13-7-1-2-8(9(14)5-7)12-16-11(17-19-12)10-6-18-4-3-15-10/h1-2,5,10,15H,3-4,6H2. The first kappa shape index (κ1) is 13.2. The maximum atomic E-state index is 5.39. The van der Waals surface area contributed by atoms with Crippen molar-refractivity contribution in [1.82, 2.24) is 15.5 Å². The van der Waals surface area contributed by atoms with Gasteiger partial charge in [0.15, 0.2) is 5.82 Å². The van der Waals surface area contributed by atoms with Crippen LogP contribution in [0.3, 0.4) is 0 Å². The first-order valence-electron chi connectivity index (χ1n) is 5.84. The zero-order chi connectivity index (χ0) is 13.2. The molecule has 19 heavy (non-hydrogen) atoms. The number of aromatic nitrogens is 2. The van der Waals surface area contributed by atoms with E-state index in [9.17, 15) is 0 Å². The Morgan fingerprint density at radius 1 is 1.32 bits per heavy atom. The summed E-state index contributed by atoms with van der Waals surface area (Å²) < 4.78 is 12.6. The van der Waals surface area contributed by atoms with Gasteiger partial charge < -0.3 is 14.6 Å². The van der Waals surface area contributed by atoms with Crippen molar-refractivity contribution >= 4 is 31.9 Å². The predicted molar refractivity (Wildman–Crippen MR) is 76.7 cm³/mol. The minimum Gasteiger partial charge on any atom is -0.378 e. The van der Waals surface area contributed by atoms with E-state index in [0.717, 1.165) is 27.7 Å². The van der Waals surface area contributed by atoms with Crippen LogP contribution < -0.4 is 5.32 Å². The molecule has 1 aromatic heterocycles. The molecule has 0 saturated carbocycles. The lowest BCUT2D eigenvalue weighted by molar-refractivity contribution is 0.0734. The quantitative estimate of drug-likeness (QED) is 0.856. The van der Waals surface area contributed by atoms with Gasteiger partial charge in [-0.2, -0.15) is 4.98 Å². The van der Waals surface area contributed by atoms with Crippen LogP contribution in [0.25, 0.3) is 11.5 Å². The number of nitrogens with zero attached hydrogens (tertiary/aromatic N) is 2. The molecule has 3 rings (SSSR count). The largest absolute Gasteiger partial charge is 0.378 e. The zero-order valence-electron chi connectivity index (χ0n) is 9.90. The number of hydrogen-bond acceptors (Lipinski definition) is 5. The number of morpholine rings is 1. The Kier molecular flexibility index (Phi) is 3.97. The summed E-state index contributed by atoms with van der Waals surface area (Å²) in [5.41, 5.74) is 0.874. The van der Waals surface area contributed by atoms with E-state index in [1.165, 1.54) is 0 Å². The summed E-state index contributed by atoms with van der Waals surface area (Å²) in [6, 6.07) is 5.81. The third-order valence-electron chi connectivity index (χ3n) is 2.84. The lowest BCUT2D eigenvalue weighted by Gasteiger charge is -2.20. The topological polar surface area (TPSA) is 60.2 Å². The van der Waals surface area contributed by atoms with E-state index in [4.69, 9.17) is 9.26 Å². The molecule has 1 atom stereocenters. The summed E-state index contributed by atoms with van der Waals surface area (Å²) in [6.07, 6.45) is 0. The number of ether oxygens (including phenoxy) is 1. The van der Waals surface area contributed by atoms with Gasteiger partial charge in [-0.3, -0.25) is 0 Å². The van der Waals surface area contributed by atoms with Crippen LogP contribution in [0.1, 0.15) is 11.9 Å². The third kappa shape index (κ3) is 2.89. The Morgan fingerprint density at radius 2 is 2.21 bits per heavy atom. The molecule has 1 N–H and O–H groups in total. The van der Waals surface area contributed by atoms with Crippen molar-refractivity contribution in [3.8, 4) is 11.5 Å². The first-order chi connectivity index (χ1) is 9.24. The van der Waals surface area contributed by atoms with Gasteiger partial charge in [-0.25, -0.2) is 0 Å². The monoisotopic (exact) mass is 387 g/mol. The van der Waals surface area contributed by atoms with Gasteiger partial charge in [-0.05, 0) is 34.1 Å². The van der Waals surface area contributed by atoms with Crippen LogP contribution in [0, 0.1) is 0 Å². The third-order valence-corrected chi connectivity index (χ3v) is 3.99. The molecule has 1 fully saturated rings. The van der Waals surface area contributed by atoms with Crippen LogP contribution in [-0.4, -0.2) is 29.9 Å². The molecular weight excluding hydrogens is 378 g/mol. The molecule has 100 valence electrons. The van der Waals surface area contributed by atoms with Crippen molar-refractivity contribution in [1.29, 1.82) is 0 Å². The molecule has 0 bridgehead atoms. The molecule has 2 heterocycles. The van der Waals surface area contributed by atoms with E-state index in [-0.39, 0.29) is 6.04 Å². The van der Waals surface area contributed by atoms with E-state index < -0.39 is 0 Å². The molecule has 0 spiro atoms. The molecule has 1 aromatic carbocycles. The van der Waals surface area contributed by atoms with Gasteiger partial charge >= 0.3 is 0 Å². The van der Waals surface area contributed by atoms with Gasteiger partial charge in [0.25, 0.3) is 5.89 Å². The summed E-state index contributed by atoms with van der Waals surface area (Å²) in [6.45, 7) is 2.09. The highest BCUT2D eigenvalue weighted by Gasteiger charge is 2.22. The average Bonchev–Trinajstić information content (AvgIpc) is 2.89. The fraction of sp³-hybridized carbons (Fsp3) is 0.333. The lowest BCUT2D eigenvalue weighted by Crippen LogP contribution is -2.35. The molecule has 2 aromatic rings. The highest BCUT2D eigenvalue weighted by molar-refractivity contribution is 9.11. The van der Waals surface area contributed by atoms with E-state index in [2.05, 4.69) is 47.3 Å². The van der Waals surface area contributed by atoms with Crippen molar-refractivity contribution in [2.45, 2.75) is 6.04 Å². The van der Waals surface area contributed by atoms with Crippen LogP contribution >= 0.6 is 31.9 Å². The zero-order valence-corrected chi connectivity index (χ0v) is 13.1. The fourth-order valence-electron chi connectivity index (χ4n) is 1.88. The second-order valence-electron chi connectivity index (χ2n) is 4.16. The lowest BCUT2D eigenvalue weighted by atomic mass is 10.2. The van der Waals surface area contributed by atoms with Gasteiger partial charge in [0, 0.05) is 15.5 Å². The Hall–Kier alpha value is -0.760. The smallest absolute Gasteiger partial charge is 0.259 e. The summed E-state index contributed by atoms with van der Waals surface area (Å²) in [5, 5.41) is 7.31. The van der Waals surface area contributed by atoms with E-state index >= 15 is 0 Å². The van der Waals surface area contributed by atoms with Gasteiger partial charge in [0.05, 0.1) is 24.8 Å². The number of hydrogen-bond donors (Lipinski definition) is 1. The van der Waals surface area contributed by atoms with Crippen molar-refractivity contribution in [3.63, 3.8) is 0 Å². The second-order valence-corrected chi connectivity index (χ2v) is 5.93. The van der Waals surface area contributed by atoms with E-state index in [1.807, 2.05) is 18.2 Å². The van der Waals surface area contributed by atoms with Gasteiger partial charge in [0.2, 0.25) is 0 Å². The minimum absolute atomic E-state index is 0.000439. The van der Waals surface area contributed by atoms with E-state index in [1.54, 1.807) is 0 Å². The minimum atomic E-state index is 0.000439.